The van der Waals surface area contributed by atoms with Crippen molar-refractivity contribution in [3.63, 3.8) is 0 Å². The van der Waals surface area contributed by atoms with E-state index in [1.54, 1.807) is 13.0 Å². The van der Waals surface area contributed by atoms with Crippen LogP contribution in [-0.4, -0.2) is 18.8 Å². The van der Waals surface area contributed by atoms with Crippen LogP contribution in [0.25, 0.3) is 11.0 Å². The summed E-state index contributed by atoms with van der Waals surface area (Å²) < 4.78 is 7.65. The van der Waals surface area contributed by atoms with Crippen LogP contribution in [0.5, 0.6) is 5.75 Å². The molecule has 0 bridgehead atoms. The van der Waals surface area contributed by atoms with Crippen LogP contribution >= 0.6 is 11.7 Å². The summed E-state index contributed by atoms with van der Waals surface area (Å²) in [6.07, 6.45) is 0. The van der Waals surface area contributed by atoms with Gasteiger partial charge in [-0.2, -0.15) is 8.75 Å². The maximum atomic E-state index is 10.7. The summed E-state index contributed by atoms with van der Waals surface area (Å²) in [4.78, 5) is 10.0. The number of phenols is 1. The van der Waals surface area contributed by atoms with Gasteiger partial charge in [-0.1, -0.05) is 0 Å². The summed E-state index contributed by atoms with van der Waals surface area (Å²) in [7, 11) is 0. The number of phenolic OH excluding ortho intramolecular Hbond substituents is 1. The van der Waals surface area contributed by atoms with Crippen LogP contribution in [0.3, 0.4) is 0 Å². The van der Waals surface area contributed by atoms with Crippen molar-refractivity contribution >= 4 is 28.4 Å². The Labute approximate surface area is 82.3 Å². The number of hydrogen-bond donors (Lipinski definition) is 1. The third kappa shape index (κ3) is 1.10. The van der Waals surface area contributed by atoms with Gasteiger partial charge in [0.1, 0.15) is 5.52 Å². The number of hydrogen-bond acceptors (Lipinski definition) is 6. The summed E-state index contributed by atoms with van der Waals surface area (Å²) in [6, 6.07) is 1.57. The molecular formula is C7H5N3O3S. The summed E-state index contributed by atoms with van der Waals surface area (Å²) in [5.41, 5.74) is 0.644. The molecule has 72 valence electrons. The van der Waals surface area contributed by atoms with Crippen LogP contribution in [0.15, 0.2) is 6.07 Å². The Kier molecular flexibility index (Phi) is 1.81. The fraction of sp³-hybridized carbons (Fsp3) is 0.143. The van der Waals surface area contributed by atoms with E-state index in [9.17, 15) is 15.2 Å². The standard InChI is InChI=1S/C7H5N3O3S/c1-3-2-4-5(9-14-8-4)6(7(3)11)10(12)13/h2,11H,1H3. The maximum absolute atomic E-state index is 10.7. The topological polar surface area (TPSA) is 89.2 Å². The number of aromatic hydroxyl groups is 1. The number of nitro benzene ring substituents is 1. The second kappa shape index (κ2) is 2.88. The van der Waals surface area contributed by atoms with Crippen molar-refractivity contribution < 1.29 is 10.0 Å². The second-order valence-electron chi connectivity index (χ2n) is 2.78. The first-order chi connectivity index (χ1) is 6.61. The molecule has 6 nitrogen and oxygen atoms in total. The number of rotatable bonds is 1. The lowest BCUT2D eigenvalue weighted by atomic mass is 10.1. The maximum Gasteiger partial charge on any atom is 0.339 e. The van der Waals surface area contributed by atoms with Crippen molar-refractivity contribution in [3.05, 3.63) is 21.7 Å². The lowest BCUT2D eigenvalue weighted by Gasteiger charge is -1.99. The molecule has 0 saturated heterocycles. The number of nitrogens with zero attached hydrogens (tertiary/aromatic N) is 3. The highest BCUT2D eigenvalue weighted by atomic mass is 32.1. The average molecular weight is 211 g/mol. The molecule has 0 aliphatic carbocycles. The van der Waals surface area contributed by atoms with Crippen LogP contribution in [-0.2, 0) is 0 Å². The summed E-state index contributed by atoms with van der Waals surface area (Å²) in [5, 5.41) is 20.1. The highest BCUT2D eigenvalue weighted by Crippen LogP contribution is 2.35. The van der Waals surface area contributed by atoms with E-state index >= 15 is 0 Å². The molecule has 1 aromatic carbocycles. The van der Waals surface area contributed by atoms with Crippen LogP contribution in [0.2, 0.25) is 0 Å². The Morgan fingerprint density at radius 2 is 2.29 bits per heavy atom. The van der Waals surface area contributed by atoms with Crippen LogP contribution in [0.1, 0.15) is 5.56 Å². The molecule has 0 amide bonds. The van der Waals surface area contributed by atoms with E-state index < -0.39 is 4.92 Å². The van der Waals surface area contributed by atoms with Crippen molar-refractivity contribution in [2.24, 2.45) is 0 Å². The van der Waals surface area contributed by atoms with Gasteiger partial charge >= 0.3 is 5.69 Å². The predicted octanol–water partition coefficient (Wildman–Crippen LogP) is 1.61. The Morgan fingerprint density at radius 3 is 2.93 bits per heavy atom. The first-order valence-corrected chi connectivity index (χ1v) is 4.43. The zero-order valence-electron chi connectivity index (χ0n) is 7.09. The van der Waals surface area contributed by atoms with E-state index in [2.05, 4.69) is 8.75 Å². The first kappa shape index (κ1) is 8.82. The van der Waals surface area contributed by atoms with Crippen molar-refractivity contribution in [2.75, 3.05) is 0 Å². The molecule has 0 radical (unpaired) electrons. The molecule has 1 heterocycles. The molecule has 0 saturated carbocycles. The molecular weight excluding hydrogens is 206 g/mol. The van der Waals surface area contributed by atoms with Gasteiger partial charge in [0.2, 0.25) is 0 Å². The molecule has 7 heteroatoms. The SMILES string of the molecule is Cc1cc2nsnc2c([N+](=O)[O-])c1O. The molecule has 0 aliphatic heterocycles. The molecule has 0 aliphatic rings. The van der Waals surface area contributed by atoms with Crippen molar-refractivity contribution in [2.45, 2.75) is 6.92 Å². The molecule has 14 heavy (non-hydrogen) atoms. The molecule has 2 rings (SSSR count). The minimum atomic E-state index is -0.647. The third-order valence-electron chi connectivity index (χ3n) is 1.87. The first-order valence-electron chi connectivity index (χ1n) is 3.70. The molecule has 1 N–H and O–H groups in total. The normalized spacial score (nSPS) is 10.6. The number of benzene rings is 1. The van der Waals surface area contributed by atoms with Crippen molar-refractivity contribution in [3.8, 4) is 5.75 Å². The van der Waals surface area contributed by atoms with Gasteiger partial charge in [-0.05, 0) is 13.0 Å². The number of nitro groups is 1. The fourth-order valence-electron chi connectivity index (χ4n) is 1.20. The second-order valence-corrected chi connectivity index (χ2v) is 3.31. The highest BCUT2D eigenvalue weighted by Gasteiger charge is 2.23. The van der Waals surface area contributed by atoms with E-state index in [1.807, 2.05) is 0 Å². The number of aryl methyl sites for hydroxylation is 1. The zero-order chi connectivity index (χ0) is 10.3. The lowest BCUT2D eigenvalue weighted by Crippen LogP contribution is -1.92. The van der Waals surface area contributed by atoms with E-state index in [4.69, 9.17) is 0 Å². The molecule has 1 aromatic heterocycles. The summed E-state index contributed by atoms with van der Waals surface area (Å²) >= 11 is 0.886. The Balaban J connectivity index is 2.93. The minimum absolute atomic E-state index is 0.142. The smallest absolute Gasteiger partial charge is 0.339 e. The van der Waals surface area contributed by atoms with Crippen LogP contribution in [0.4, 0.5) is 5.69 Å². The van der Waals surface area contributed by atoms with Gasteiger partial charge in [-0.3, -0.25) is 10.1 Å². The lowest BCUT2D eigenvalue weighted by molar-refractivity contribution is -0.384. The van der Waals surface area contributed by atoms with E-state index in [-0.39, 0.29) is 17.0 Å². The monoisotopic (exact) mass is 211 g/mol. The quantitative estimate of drug-likeness (QED) is 0.571. The average Bonchev–Trinajstić information content (AvgIpc) is 2.52. The number of fused-ring (bicyclic) bond motifs is 1. The Morgan fingerprint density at radius 1 is 1.57 bits per heavy atom. The van der Waals surface area contributed by atoms with E-state index in [0.29, 0.717) is 11.1 Å². The van der Waals surface area contributed by atoms with Gasteiger partial charge in [-0.25, -0.2) is 0 Å². The number of aromatic nitrogens is 2. The van der Waals surface area contributed by atoms with Crippen LogP contribution < -0.4 is 0 Å². The third-order valence-corrected chi connectivity index (χ3v) is 2.41. The Bertz CT molecular complexity index is 522. The molecule has 0 fully saturated rings. The van der Waals surface area contributed by atoms with Gasteiger partial charge < -0.3 is 5.11 Å². The van der Waals surface area contributed by atoms with E-state index in [1.165, 1.54) is 0 Å². The largest absolute Gasteiger partial charge is 0.502 e. The Hall–Kier alpha value is -1.76. The van der Waals surface area contributed by atoms with Gasteiger partial charge in [0.15, 0.2) is 11.3 Å². The van der Waals surface area contributed by atoms with Gasteiger partial charge in [0.25, 0.3) is 0 Å². The molecule has 0 unspecified atom stereocenters. The predicted molar refractivity (Wildman–Crippen MR) is 50.5 cm³/mol. The van der Waals surface area contributed by atoms with Crippen molar-refractivity contribution in [1.82, 2.24) is 8.75 Å². The fourth-order valence-corrected chi connectivity index (χ4v) is 1.73. The molecule has 0 spiro atoms. The van der Waals surface area contributed by atoms with E-state index in [0.717, 1.165) is 11.7 Å². The van der Waals surface area contributed by atoms with Gasteiger partial charge in [0.05, 0.1) is 16.7 Å². The highest BCUT2D eigenvalue weighted by molar-refractivity contribution is 7.00. The van der Waals surface area contributed by atoms with Gasteiger partial charge in [-0.15, -0.1) is 0 Å². The van der Waals surface area contributed by atoms with Crippen molar-refractivity contribution in [1.29, 1.82) is 0 Å². The molecule has 0 atom stereocenters. The van der Waals surface area contributed by atoms with Crippen LogP contribution in [0, 0.1) is 17.0 Å². The summed E-state index contributed by atoms with van der Waals surface area (Å²) in [6.45, 7) is 1.58. The van der Waals surface area contributed by atoms with Gasteiger partial charge in [0, 0.05) is 5.56 Å². The zero-order valence-corrected chi connectivity index (χ0v) is 7.91. The summed E-state index contributed by atoms with van der Waals surface area (Å²) in [5.74, 6) is -0.338. The minimum Gasteiger partial charge on any atom is -0.502 e. The molecule has 2 aromatic rings.